The number of benzene rings is 2. The third kappa shape index (κ3) is 5.36. The summed E-state index contributed by atoms with van der Waals surface area (Å²) in [7, 11) is 2.16. The molecule has 3 aromatic rings. The van der Waals surface area contributed by atoms with Crippen LogP contribution in [0.4, 0.5) is 0 Å². The second-order valence-corrected chi connectivity index (χ2v) is 10.9. The van der Waals surface area contributed by atoms with Crippen LogP contribution in [0.1, 0.15) is 40.0 Å². The Balaban J connectivity index is 1.11. The van der Waals surface area contributed by atoms with Crippen LogP contribution in [0.5, 0.6) is 11.5 Å². The normalized spacial score (nSPS) is 19.2. The lowest BCUT2D eigenvalue weighted by Crippen LogP contribution is -2.45. The molecule has 6 rings (SSSR count). The lowest BCUT2D eigenvalue weighted by atomic mass is 9.93. The predicted molar refractivity (Wildman–Crippen MR) is 144 cm³/mol. The molecule has 9 heteroatoms. The summed E-state index contributed by atoms with van der Waals surface area (Å²) in [4.78, 5) is 20.1. The first kappa shape index (κ1) is 25.2. The number of carbonyl (C=O) groups is 1. The monoisotopic (exact) mass is 519 g/mol. The number of piperazine rings is 1. The molecule has 202 valence electrons. The Morgan fingerprint density at radius 1 is 1.11 bits per heavy atom. The zero-order valence-corrected chi connectivity index (χ0v) is 22.1. The number of carbonyl (C=O) groups excluding carboxylic acids is 1. The zero-order valence-electron chi connectivity index (χ0n) is 22.1. The predicted octanol–water partition coefficient (Wildman–Crippen LogP) is 3.02. The van der Waals surface area contributed by atoms with Crippen LogP contribution in [0.15, 0.2) is 30.3 Å². The number of fused-ring (bicyclic) bond motifs is 2. The van der Waals surface area contributed by atoms with Crippen molar-refractivity contribution in [1.29, 1.82) is 0 Å². The van der Waals surface area contributed by atoms with E-state index in [9.17, 15) is 9.90 Å². The molecule has 4 heterocycles. The first-order valence-electron chi connectivity index (χ1n) is 13.8. The van der Waals surface area contributed by atoms with Crippen molar-refractivity contribution in [3.8, 4) is 11.5 Å². The van der Waals surface area contributed by atoms with E-state index >= 15 is 0 Å². The summed E-state index contributed by atoms with van der Waals surface area (Å²) in [5.74, 6) is 1.17. The molecule has 0 atom stereocenters. The topological polar surface area (TPSA) is 94.2 Å². The third-order valence-corrected chi connectivity index (χ3v) is 8.27. The van der Waals surface area contributed by atoms with Gasteiger partial charge in [-0.25, -0.2) is 0 Å². The van der Waals surface area contributed by atoms with Crippen molar-refractivity contribution in [3.63, 3.8) is 0 Å². The van der Waals surface area contributed by atoms with Gasteiger partial charge in [0.1, 0.15) is 18.1 Å². The highest BCUT2D eigenvalue weighted by atomic mass is 16.5. The van der Waals surface area contributed by atoms with Crippen molar-refractivity contribution in [2.45, 2.75) is 32.4 Å². The maximum atomic E-state index is 13.5. The van der Waals surface area contributed by atoms with Crippen LogP contribution >= 0.6 is 0 Å². The van der Waals surface area contributed by atoms with E-state index in [0.717, 1.165) is 93.2 Å². The summed E-state index contributed by atoms with van der Waals surface area (Å²) in [5, 5.41) is 19.1. The van der Waals surface area contributed by atoms with Crippen molar-refractivity contribution in [1.82, 2.24) is 24.9 Å². The number of amides is 1. The molecule has 0 aliphatic carbocycles. The molecule has 0 spiro atoms. The Bertz CT molecular complexity index is 1290. The maximum Gasteiger partial charge on any atom is 0.258 e. The van der Waals surface area contributed by atoms with Crippen LogP contribution in [0.2, 0.25) is 0 Å². The molecule has 0 saturated carbocycles. The molecule has 2 fully saturated rings. The first-order chi connectivity index (χ1) is 18.5. The van der Waals surface area contributed by atoms with Crippen LogP contribution in [0, 0.1) is 5.92 Å². The SMILES string of the molecule is CN1CCN(CCOc2ccc3c(c2)CN(C(=O)c2cc4c(CC5CCOCC5)[nH]nc4cc2O)C3)CC1. The van der Waals surface area contributed by atoms with Gasteiger partial charge in [-0.3, -0.25) is 14.8 Å². The number of ether oxygens (including phenoxy) is 2. The number of aromatic amines is 1. The largest absolute Gasteiger partial charge is 0.507 e. The lowest BCUT2D eigenvalue weighted by Gasteiger charge is -2.32. The fourth-order valence-electron chi connectivity index (χ4n) is 5.80. The highest BCUT2D eigenvalue weighted by molar-refractivity contribution is 6.01. The number of hydrogen-bond donors (Lipinski definition) is 2. The Morgan fingerprint density at radius 2 is 1.89 bits per heavy atom. The molecule has 2 aromatic carbocycles. The second-order valence-electron chi connectivity index (χ2n) is 10.9. The molecular formula is C29H37N5O4. The molecule has 3 aliphatic heterocycles. The summed E-state index contributed by atoms with van der Waals surface area (Å²) in [6, 6.07) is 9.51. The molecule has 9 nitrogen and oxygen atoms in total. The highest BCUT2D eigenvalue weighted by Crippen LogP contribution is 2.33. The lowest BCUT2D eigenvalue weighted by molar-refractivity contribution is 0.0663. The number of phenols is 1. The van der Waals surface area contributed by atoms with Gasteiger partial charge < -0.3 is 24.4 Å². The number of nitrogens with one attached hydrogen (secondary N) is 1. The van der Waals surface area contributed by atoms with Crippen molar-refractivity contribution < 1.29 is 19.4 Å². The minimum atomic E-state index is -0.170. The van der Waals surface area contributed by atoms with Gasteiger partial charge in [0.05, 0.1) is 11.1 Å². The number of H-pyrrole nitrogens is 1. The number of nitrogens with zero attached hydrogens (tertiary/aromatic N) is 4. The standard InChI is InChI=1S/C29H37N5O4/c1-32-6-8-33(9-7-32)10-13-38-23-3-2-21-18-34(19-22(21)15-23)29(36)25-16-24-26(14-20-4-11-37-12-5-20)30-31-27(24)17-28(25)35/h2-3,15-17,20,35H,4-14,18-19H2,1H3,(H,30,31). The Kier molecular flexibility index (Phi) is 7.23. The number of aromatic hydroxyl groups is 1. The average molecular weight is 520 g/mol. The van der Waals surface area contributed by atoms with Gasteiger partial charge in [-0.15, -0.1) is 0 Å². The van der Waals surface area contributed by atoms with Gasteiger partial charge in [-0.2, -0.15) is 5.10 Å². The number of rotatable bonds is 7. The average Bonchev–Trinajstić information content (AvgIpc) is 3.53. The minimum absolute atomic E-state index is 0.0319. The van der Waals surface area contributed by atoms with E-state index in [0.29, 0.717) is 36.7 Å². The number of hydrogen-bond acceptors (Lipinski definition) is 7. The highest BCUT2D eigenvalue weighted by Gasteiger charge is 2.28. The zero-order chi connectivity index (χ0) is 26.1. The molecule has 1 amide bonds. The summed E-state index contributed by atoms with van der Waals surface area (Å²) < 4.78 is 11.5. The Labute approximate surface area is 223 Å². The van der Waals surface area contributed by atoms with Crippen molar-refractivity contribution in [2.24, 2.45) is 5.92 Å². The van der Waals surface area contributed by atoms with E-state index in [2.05, 4.69) is 39.2 Å². The van der Waals surface area contributed by atoms with Gasteiger partial charge in [0.2, 0.25) is 0 Å². The van der Waals surface area contributed by atoms with Gasteiger partial charge in [0.15, 0.2) is 0 Å². The third-order valence-electron chi connectivity index (χ3n) is 8.27. The van der Waals surface area contributed by atoms with E-state index in [1.807, 2.05) is 6.07 Å². The molecule has 2 N–H and O–H groups in total. The number of aromatic nitrogens is 2. The molecule has 0 radical (unpaired) electrons. The quantitative estimate of drug-likeness (QED) is 0.496. The number of phenolic OH excluding ortho intramolecular Hbond substituents is 1. The minimum Gasteiger partial charge on any atom is -0.507 e. The molecule has 3 aliphatic rings. The van der Waals surface area contributed by atoms with E-state index < -0.39 is 0 Å². The van der Waals surface area contributed by atoms with Crippen LogP contribution in [-0.2, 0) is 24.2 Å². The molecular weight excluding hydrogens is 482 g/mol. The van der Waals surface area contributed by atoms with Gasteiger partial charge in [0.25, 0.3) is 5.91 Å². The summed E-state index contributed by atoms with van der Waals surface area (Å²) in [6.07, 6.45) is 2.92. The Hall–Kier alpha value is -3.14. The summed E-state index contributed by atoms with van der Waals surface area (Å²) in [6.45, 7) is 8.54. The van der Waals surface area contributed by atoms with Crippen LogP contribution in [0.25, 0.3) is 10.9 Å². The molecule has 0 unspecified atom stereocenters. The van der Waals surface area contributed by atoms with Crippen molar-refractivity contribution >= 4 is 16.8 Å². The van der Waals surface area contributed by atoms with Crippen molar-refractivity contribution in [2.75, 3.05) is 59.6 Å². The van der Waals surface area contributed by atoms with Crippen molar-refractivity contribution in [3.05, 3.63) is 52.7 Å². The Morgan fingerprint density at radius 3 is 2.71 bits per heavy atom. The fourth-order valence-corrected chi connectivity index (χ4v) is 5.80. The second kappa shape index (κ2) is 10.9. The van der Waals surface area contributed by atoms with Crippen LogP contribution < -0.4 is 4.74 Å². The first-order valence-corrected chi connectivity index (χ1v) is 13.8. The van der Waals surface area contributed by atoms with Crippen LogP contribution in [0.3, 0.4) is 0 Å². The van der Waals surface area contributed by atoms with E-state index in [-0.39, 0.29) is 11.7 Å². The van der Waals surface area contributed by atoms with E-state index in [1.165, 1.54) is 0 Å². The summed E-state index contributed by atoms with van der Waals surface area (Å²) >= 11 is 0. The van der Waals surface area contributed by atoms with Crippen LogP contribution in [-0.4, -0.2) is 95.5 Å². The molecule has 1 aromatic heterocycles. The number of likely N-dealkylation sites (N-methyl/N-ethyl adjacent to an activating group) is 1. The maximum absolute atomic E-state index is 13.5. The van der Waals surface area contributed by atoms with Gasteiger partial charge in [0, 0.05) is 76.2 Å². The molecule has 38 heavy (non-hydrogen) atoms. The fraction of sp³-hybridized carbons (Fsp3) is 0.517. The van der Waals surface area contributed by atoms with E-state index in [4.69, 9.17) is 9.47 Å². The van der Waals surface area contributed by atoms with Gasteiger partial charge in [-0.05, 0) is 61.6 Å². The molecule has 0 bridgehead atoms. The van der Waals surface area contributed by atoms with Gasteiger partial charge >= 0.3 is 0 Å². The smallest absolute Gasteiger partial charge is 0.258 e. The summed E-state index contributed by atoms with van der Waals surface area (Å²) in [5.41, 5.74) is 4.24. The van der Waals surface area contributed by atoms with E-state index in [1.54, 1.807) is 17.0 Å². The molecule has 2 saturated heterocycles. The van der Waals surface area contributed by atoms with Gasteiger partial charge in [-0.1, -0.05) is 6.07 Å².